The summed E-state index contributed by atoms with van der Waals surface area (Å²) in [6.45, 7) is 1.87. The van der Waals surface area contributed by atoms with Crippen molar-refractivity contribution in [2.75, 3.05) is 5.32 Å². The molecule has 2 rings (SSSR count). The Bertz CT molecular complexity index is 732. The minimum Gasteiger partial charge on any atom is -0.426 e. The predicted octanol–water partition coefficient (Wildman–Crippen LogP) is 4.95. The third kappa shape index (κ3) is 4.98. The molecule has 0 heterocycles. The molecule has 0 fully saturated rings. The van der Waals surface area contributed by atoms with Gasteiger partial charge in [-0.3, -0.25) is 9.59 Å². The van der Waals surface area contributed by atoms with Crippen molar-refractivity contribution < 1.29 is 14.3 Å². The Balaban J connectivity index is 2.24. The van der Waals surface area contributed by atoms with Gasteiger partial charge in [-0.1, -0.05) is 36.2 Å². The topological polar surface area (TPSA) is 55.4 Å². The second-order valence-corrected chi connectivity index (χ2v) is 5.70. The van der Waals surface area contributed by atoms with Crippen LogP contribution in [0.25, 0.3) is 0 Å². The first-order chi connectivity index (χ1) is 11.0. The summed E-state index contributed by atoms with van der Waals surface area (Å²) in [6.07, 6.45) is 0.939. The molecule has 0 aliphatic rings. The van der Waals surface area contributed by atoms with Crippen molar-refractivity contribution in [2.45, 2.75) is 19.8 Å². The number of carbonyl (C=O) groups is 2. The number of nitrogens with one attached hydrogen (secondary N) is 1. The molecule has 120 valence electrons. The lowest BCUT2D eigenvalue weighted by atomic mass is 10.1. The fraction of sp³-hybridized carbons (Fsp3) is 0.176. The molecule has 2 aromatic carbocycles. The Morgan fingerprint density at radius 2 is 1.83 bits per heavy atom. The van der Waals surface area contributed by atoms with Gasteiger partial charge in [0.1, 0.15) is 5.75 Å². The zero-order valence-electron chi connectivity index (χ0n) is 12.4. The van der Waals surface area contributed by atoms with Crippen LogP contribution in [0, 0.1) is 0 Å². The molecule has 1 amide bonds. The average Bonchev–Trinajstić information content (AvgIpc) is 2.49. The van der Waals surface area contributed by atoms with Gasteiger partial charge in [0.2, 0.25) is 0 Å². The summed E-state index contributed by atoms with van der Waals surface area (Å²) in [5.41, 5.74) is 0.718. The fourth-order valence-electron chi connectivity index (χ4n) is 1.91. The molecule has 0 aliphatic carbocycles. The van der Waals surface area contributed by atoms with Gasteiger partial charge in [-0.15, -0.1) is 0 Å². The molecule has 0 radical (unpaired) electrons. The van der Waals surface area contributed by atoms with Crippen LogP contribution < -0.4 is 10.1 Å². The minimum atomic E-state index is -0.436. The molecule has 0 saturated heterocycles. The lowest BCUT2D eigenvalue weighted by Crippen LogP contribution is -2.16. The van der Waals surface area contributed by atoms with E-state index in [2.05, 4.69) is 5.32 Å². The number of amides is 1. The maximum atomic E-state index is 12.4. The van der Waals surface area contributed by atoms with Crippen molar-refractivity contribution >= 4 is 40.8 Å². The molecular weight excluding hydrogens is 337 g/mol. The average molecular weight is 352 g/mol. The second kappa shape index (κ2) is 7.99. The number of carbonyl (C=O) groups excluding carboxylic acids is 2. The van der Waals surface area contributed by atoms with E-state index >= 15 is 0 Å². The van der Waals surface area contributed by atoms with Gasteiger partial charge >= 0.3 is 5.97 Å². The van der Waals surface area contributed by atoms with E-state index in [9.17, 15) is 9.59 Å². The van der Waals surface area contributed by atoms with Gasteiger partial charge in [0.05, 0.1) is 5.56 Å². The number of hydrogen-bond acceptors (Lipinski definition) is 3. The molecule has 0 aliphatic heterocycles. The van der Waals surface area contributed by atoms with Crippen LogP contribution in [0.2, 0.25) is 10.0 Å². The first kappa shape index (κ1) is 17.3. The van der Waals surface area contributed by atoms with Crippen LogP contribution in [0.4, 0.5) is 5.69 Å². The molecule has 4 nitrogen and oxygen atoms in total. The van der Waals surface area contributed by atoms with Crippen LogP contribution in [-0.4, -0.2) is 11.9 Å². The van der Waals surface area contributed by atoms with E-state index in [1.54, 1.807) is 30.3 Å². The van der Waals surface area contributed by atoms with Gasteiger partial charge in [0.15, 0.2) is 0 Å². The number of benzene rings is 2. The monoisotopic (exact) mass is 351 g/mol. The summed E-state index contributed by atoms with van der Waals surface area (Å²) in [6, 6.07) is 11.3. The quantitative estimate of drug-likeness (QED) is 0.612. The van der Waals surface area contributed by atoms with Crippen molar-refractivity contribution in [2.24, 2.45) is 0 Å². The zero-order valence-corrected chi connectivity index (χ0v) is 13.9. The largest absolute Gasteiger partial charge is 0.426 e. The highest BCUT2D eigenvalue weighted by atomic mass is 35.5. The Labute approximate surface area is 144 Å². The van der Waals surface area contributed by atoms with E-state index in [1.807, 2.05) is 6.92 Å². The summed E-state index contributed by atoms with van der Waals surface area (Å²) in [7, 11) is 0. The molecule has 23 heavy (non-hydrogen) atoms. The SMILES string of the molecule is CCCC(=O)Oc1ccc(Cl)cc1C(=O)Nc1cccc(Cl)c1. The fourth-order valence-corrected chi connectivity index (χ4v) is 2.27. The molecule has 0 bridgehead atoms. The van der Waals surface area contributed by atoms with Gasteiger partial charge < -0.3 is 10.1 Å². The minimum absolute atomic E-state index is 0.173. The molecule has 0 unspecified atom stereocenters. The normalized spacial score (nSPS) is 10.2. The van der Waals surface area contributed by atoms with Crippen LogP contribution in [0.1, 0.15) is 30.1 Å². The number of rotatable bonds is 5. The van der Waals surface area contributed by atoms with Gasteiger partial charge in [-0.05, 0) is 42.8 Å². The lowest BCUT2D eigenvalue weighted by molar-refractivity contribution is -0.134. The first-order valence-electron chi connectivity index (χ1n) is 7.06. The Morgan fingerprint density at radius 1 is 1.09 bits per heavy atom. The lowest BCUT2D eigenvalue weighted by Gasteiger charge is -2.11. The zero-order chi connectivity index (χ0) is 16.8. The first-order valence-corrected chi connectivity index (χ1v) is 7.82. The molecule has 1 N–H and O–H groups in total. The van der Waals surface area contributed by atoms with Crippen molar-refractivity contribution in [3.63, 3.8) is 0 Å². The van der Waals surface area contributed by atoms with Gasteiger partial charge in [0.25, 0.3) is 5.91 Å². The third-order valence-electron chi connectivity index (χ3n) is 2.95. The summed E-state index contributed by atoms with van der Waals surface area (Å²) < 4.78 is 5.24. The maximum absolute atomic E-state index is 12.4. The summed E-state index contributed by atoms with van der Waals surface area (Å²) in [5, 5.41) is 3.57. The Kier molecular flexibility index (Phi) is 6.02. The van der Waals surface area contributed by atoms with Gasteiger partial charge in [-0.2, -0.15) is 0 Å². The number of halogens is 2. The molecule has 0 atom stereocenters. The van der Waals surface area contributed by atoms with E-state index < -0.39 is 11.9 Å². The van der Waals surface area contributed by atoms with Crippen LogP contribution in [-0.2, 0) is 4.79 Å². The smallest absolute Gasteiger partial charge is 0.311 e. The summed E-state index contributed by atoms with van der Waals surface area (Å²) >= 11 is 11.8. The summed E-state index contributed by atoms with van der Waals surface area (Å²) in [5.74, 6) is -0.659. The summed E-state index contributed by atoms with van der Waals surface area (Å²) in [4.78, 5) is 24.1. The number of ether oxygens (including phenoxy) is 1. The van der Waals surface area contributed by atoms with Gasteiger partial charge in [-0.25, -0.2) is 0 Å². The molecular formula is C17H15Cl2NO3. The second-order valence-electron chi connectivity index (χ2n) is 4.83. The predicted molar refractivity (Wildman–Crippen MR) is 91.4 cm³/mol. The van der Waals surface area contributed by atoms with E-state index in [1.165, 1.54) is 12.1 Å². The molecule has 6 heteroatoms. The van der Waals surface area contributed by atoms with E-state index in [0.717, 1.165) is 0 Å². The molecule has 2 aromatic rings. The van der Waals surface area contributed by atoms with Crippen LogP contribution >= 0.6 is 23.2 Å². The molecule has 0 aromatic heterocycles. The third-order valence-corrected chi connectivity index (χ3v) is 3.42. The van der Waals surface area contributed by atoms with Crippen LogP contribution in [0.3, 0.4) is 0 Å². The highest BCUT2D eigenvalue weighted by Crippen LogP contribution is 2.25. The maximum Gasteiger partial charge on any atom is 0.311 e. The van der Waals surface area contributed by atoms with Gasteiger partial charge in [0, 0.05) is 22.2 Å². The number of esters is 1. The Morgan fingerprint density at radius 3 is 2.52 bits per heavy atom. The van der Waals surface area contributed by atoms with Crippen LogP contribution in [0.15, 0.2) is 42.5 Å². The molecule has 0 saturated carbocycles. The molecule has 0 spiro atoms. The van der Waals surface area contributed by atoms with Crippen molar-refractivity contribution in [1.29, 1.82) is 0 Å². The highest BCUT2D eigenvalue weighted by Gasteiger charge is 2.16. The van der Waals surface area contributed by atoms with Crippen LogP contribution in [0.5, 0.6) is 5.75 Å². The van der Waals surface area contributed by atoms with Crippen molar-refractivity contribution in [3.8, 4) is 5.75 Å². The number of anilines is 1. The van der Waals surface area contributed by atoms with E-state index in [0.29, 0.717) is 22.2 Å². The standard InChI is InChI=1S/C17H15Cl2NO3/c1-2-4-16(21)23-15-8-7-12(19)10-14(15)17(22)20-13-6-3-5-11(18)9-13/h3,5-10H,2,4H2,1H3,(H,20,22). The number of hydrogen-bond donors (Lipinski definition) is 1. The van der Waals surface area contributed by atoms with E-state index in [4.69, 9.17) is 27.9 Å². The van der Waals surface area contributed by atoms with Crippen molar-refractivity contribution in [3.05, 3.63) is 58.1 Å². The Hall–Kier alpha value is -2.04. The van der Waals surface area contributed by atoms with Crippen molar-refractivity contribution in [1.82, 2.24) is 0 Å². The highest BCUT2D eigenvalue weighted by molar-refractivity contribution is 6.31. The van der Waals surface area contributed by atoms with E-state index in [-0.39, 0.29) is 17.7 Å².